The van der Waals surface area contributed by atoms with Gasteiger partial charge in [-0.3, -0.25) is 4.98 Å². The number of hydrogen-bond donors (Lipinski definition) is 0. The van der Waals surface area contributed by atoms with E-state index in [2.05, 4.69) is 195 Å². The van der Waals surface area contributed by atoms with Crippen molar-refractivity contribution in [1.29, 1.82) is 0 Å². The number of nitrogens with zero attached hydrogens (tertiary/aromatic N) is 4. The quantitative estimate of drug-likeness (QED) is 0.107. The zero-order valence-electron chi connectivity index (χ0n) is 37.5. The summed E-state index contributed by atoms with van der Waals surface area (Å²) in [7, 11) is 0. The molecule has 0 unspecified atom stereocenters. The van der Waals surface area contributed by atoms with Crippen LogP contribution in [0.1, 0.15) is 44.9 Å². The minimum absolute atomic E-state index is 0. The van der Waals surface area contributed by atoms with E-state index in [0.29, 0.717) is 17.5 Å². The molecule has 10 rings (SSSR count). The first-order chi connectivity index (χ1) is 30.5. The molecule has 0 atom stereocenters. The number of imidazole rings is 1. The molecule has 0 aliphatic heterocycles. The van der Waals surface area contributed by atoms with Crippen molar-refractivity contribution in [3.8, 4) is 50.6 Å². The number of benzene rings is 6. The molecule has 0 spiro atoms. The Balaban J connectivity index is 0.000000225. The maximum atomic E-state index is 6.55. The maximum absolute atomic E-state index is 6.55. The van der Waals surface area contributed by atoms with Crippen LogP contribution in [0.5, 0.6) is 0 Å². The number of fused-ring (bicyclic) bond motifs is 4. The first-order valence-electron chi connectivity index (χ1n) is 22.0. The summed E-state index contributed by atoms with van der Waals surface area (Å²) >= 11 is -1.86. The van der Waals surface area contributed by atoms with E-state index in [1.165, 1.54) is 5.56 Å². The zero-order chi connectivity index (χ0) is 43.7. The van der Waals surface area contributed by atoms with E-state index < -0.39 is 13.3 Å². The molecule has 0 saturated heterocycles. The average molecular weight is 1070 g/mol. The Morgan fingerprint density at radius 3 is 1.97 bits per heavy atom. The zero-order valence-corrected chi connectivity index (χ0v) is 42.0. The number of aromatic nitrogens is 4. The normalized spacial score (nSPS) is 11.6. The number of furan rings is 1. The van der Waals surface area contributed by atoms with E-state index in [0.717, 1.165) is 90.1 Å². The van der Waals surface area contributed by atoms with Gasteiger partial charge in [0.1, 0.15) is 0 Å². The standard InChI is InChI=1S/C39H28N3O.C18H24GeN.Ir/c1-25(2)33-24-23-31-30-19-12-20-32(37(30)43-39(31)41-33)38-40-34-21-9-10-22-35(34)42(38)36-28(26-13-5-3-6-14-26)17-11-18-29(36)27-15-7-4-8-16-27;1-14(2)11-16-12-18(15-9-7-6-8-10-15)20-13-17(16)19(3,4)5;/h3-19,21-25H,1-2H3;6-9,12-14H,11H2,1-5H3;/q2*-1;. The molecule has 0 fully saturated rings. The summed E-state index contributed by atoms with van der Waals surface area (Å²) in [6.07, 6.45) is 3.27. The molecule has 1 radical (unpaired) electrons. The minimum atomic E-state index is -1.86. The Bertz CT molecular complexity index is 3130. The van der Waals surface area contributed by atoms with Crippen molar-refractivity contribution in [1.82, 2.24) is 19.5 Å². The van der Waals surface area contributed by atoms with Crippen LogP contribution in [0, 0.1) is 18.1 Å². The molecular formula is C57H52GeIrN4O-2. The molecule has 0 N–H and O–H groups in total. The molecule has 0 bridgehead atoms. The van der Waals surface area contributed by atoms with Crippen LogP contribution in [0.2, 0.25) is 17.3 Å². The molecule has 4 heterocycles. The van der Waals surface area contributed by atoms with Crippen LogP contribution in [-0.4, -0.2) is 32.8 Å². The fourth-order valence-electron chi connectivity index (χ4n) is 8.51. The third kappa shape index (κ3) is 9.05. The van der Waals surface area contributed by atoms with Gasteiger partial charge in [-0.25, -0.2) is 4.98 Å². The van der Waals surface area contributed by atoms with Crippen LogP contribution < -0.4 is 4.40 Å². The van der Waals surface area contributed by atoms with Gasteiger partial charge in [0, 0.05) is 42.3 Å². The Hall–Kier alpha value is -5.92. The largest absolute Gasteiger partial charge is 0.486 e. The number of hydrogen-bond acceptors (Lipinski definition) is 4. The predicted octanol–water partition coefficient (Wildman–Crippen LogP) is 14.5. The minimum Gasteiger partial charge on any atom is -0.486 e. The summed E-state index contributed by atoms with van der Waals surface area (Å²) in [6, 6.07) is 61.3. The molecule has 4 aromatic heterocycles. The van der Waals surface area contributed by atoms with E-state index in [4.69, 9.17) is 19.4 Å². The third-order valence-electron chi connectivity index (χ3n) is 11.5. The van der Waals surface area contributed by atoms with Crippen LogP contribution in [-0.2, 0) is 26.5 Å². The van der Waals surface area contributed by atoms with Crippen molar-refractivity contribution in [2.24, 2.45) is 5.92 Å². The number of rotatable bonds is 9. The van der Waals surface area contributed by atoms with Crippen molar-refractivity contribution in [3.05, 3.63) is 187 Å². The molecule has 0 amide bonds. The molecule has 321 valence electrons. The van der Waals surface area contributed by atoms with Crippen molar-refractivity contribution in [3.63, 3.8) is 0 Å². The van der Waals surface area contributed by atoms with E-state index in [1.807, 2.05) is 30.3 Å². The van der Waals surface area contributed by atoms with Gasteiger partial charge in [0.2, 0.25) is 5.71 Å². The summed E-state index contributed by atoms with van der Waals surface area (Å²) < 4.78 is 10.4. The predicted molar refractivity (Wildman–Crippen MR) is 265 cm³/mol. The Morgan fingerprint density at radius 2 is 1.33 bits per heavy atom. The molecule has 0 saturated carbocycles. The van der Waals surface area contributed by atoms with Gasteiger partial charge in [-0.1, -0.05) is 116 Å². The number of pyridine rings is 2. The fourth-order valence-corrected chi connectivity index (χ4v) is 11.8. The van der Waals surface area contributed by atoms with Crippen molar-refractivity contribution < 1.29 is 24.5 Å². The molecule has 0 aliphatic rings. The summed E-state index contributed by atoms with van der Waals surface area (Å²) in [5.41, 5.74) is 14.3. The summed E-state index contributed by atoms with van der Waals surface area (Å²) in [6.45, 7) is 8.86. The Labute approximate surface area is 393 Å². The fraction of sp³-hybridized carbons (Fsp3) is 0.175. The van der Waals surface area contributed by atoms with Gasteiger partial charge < -0.3 is 8.98 Å². The maximum Gasteiger partial charge on any atom is 0.216 e. The topological polar surface area (TPSA) is 56.7 Å². The third-order valence-corrected chi connectivity index (χ3v) is 15.9. The summed E-state index contributed by atoms with van der Waals surface area (Å²) in [5, 5.41) is 2.00. The smallest absolute Gasteiger partial charge is 0.216 e. The molecule has 6 aromatic carbocycles. The van der Waals surface area contributed by atoms with Gasteiger partial charge in [-0.05, 0) is 41.3 Å². The van der Waals surface area contributed by atoms with Gasteiger partial charge in [0.15, 0.2) is 0 Å². The van der Waals surface area contributed by atoms with Crippen molar-refractivity contribution >= 4 is 50.8 Å². The van der Waals surface area contributed by atoms with Gasteiger partial charge in [0.25, 0.3) is 0 Å². The Kier molecular flexibility index (Phi) is 13.3. The van der Waals surface area contributed by atoms with Crippen molar-refractivity contribution in [2.45, 2.75) is 57.3 Å². The molecule has 10 aromatic rings. The van der Waals surface area contributed by atoms with Crippen LogP contribution in [0.3, 0.4) is 0 Å². The van der Waals surface area contributed by atoms with Crippen LogP contribution in [0.15, 0.2) is 168 Å². The molecule has 0 aliphatic carbocycles. The van der Waals surface area contributed by atoms with E-state index in [1.54, 1.807) is 4.40 Å². The second-order valence-electron chi connectivity index (χ2n) is 18.0. The first kappa shape index (κ1) is 44.7. The second kappa shape index (κ2) is 19.0. The van der Waals surface area contributed by atoms with Gasteiger partial charge in [-0.2, -0.15) is 0 Å². The number of para-hydroxylation sites is 3. The van der Waals surface area contributed by atoms with Crippen LogP contribution in [0.25, 0.3) is 83.7 Å². The second-order valence-corrected chi connectivity index (χ2v) is 28.6. The summed E-state index contributed by atoms with van der Waals surface area (Å²) in [4.78, 5) is 14.8. The van der Waals surface area contributed by atoms with Gasteiger partial charge >= 0.3 is 126 Å². The van der Waals surface area contributed by atoms with Gasteiger partial charge in [-0.15, -0.1) is 18.2 Å². The molecule has 5 nitrogen and oxygen atoms in total. The monoisotopic (exact) mass is 1080 g/mol. The van der Waals surface area contributed by atoms with E-state index in [-0.39, 0.29) is 20.1 Å². The SMILES string of the molecule is CC(C)Cc1cc(-c2[c-]cccc2)nc[c]1[Ge]([CH3])([CH3])[CH3].CC(C)c1ccc2c(n1)oc1c(-c3nc4ccccc4n3-c3c(-c4ccccc4)cccc3-c3ccccc3)[c-]ccc12.[Ir]. The van der Waals surface area contributed by atoms with E-state index >= 15 is 0 Å². The molecular weight excluding hydrogens is 1020 g/mol. The van der Waals surface area contributed by atoms with Gasteiger partial charge in [0.05, 0.1) is 28.1 Å². The van der Waals surface area contributed by atoms with Crippen LogP contribution >= 0.6 is 0 Å². The van der Waals surface area contributed by atoms with Crippen molar-refractivity contribution in [2.75, 3.05) is 0 Å². The van der Waals surface area contributed by atoms with E-state index in [9.17, 15) is 0 Å². The van der Waals surface area contributed by atoms with Crippen LogP contribution in [0.4, 0.5) is 0 Å². The first-order valence-corrected chi connectivity index (χ1v) is 29.3. The summed E-state index contributed by atoms with van der Waals surface area (Å²) in [5.74, 6) is 9.07. The Morgan fingerprint density at radius 1 is 0.656 bits per heavy atom. The average Bonchev–Trinajstić information content (AvgIpc) is 3.88. The molecule has 7 heteroatoms. The molecule has 64 heavy (non-hydrogen) atoms.